The standard InChI is InChI=1S/C11H17Se.CHF3O3S/c1-12-6-8-2-10-4-9(7-12)5-11(10)3-8;2-1(3,4)8(5,6)7/h8-9H,2-7H2,1H3;(H,5,6,7)/q+1;/p-1. The molecular formula is C12H17F3O3SSe. The molecule has 0 aromatic carbocycles. The van der Waals surface area contributed by atoms with Gasteiger partial charge in [0.2, 0.25) is 0 Å². The van der Waals surface area contributed by atoms with E-state index < -0.39 is 15.6 Å². The first-order valence-corrected chi connectivity index (χ1v) is 11.9. The van der Waals surface area contributed by atoms with Gasteiger partial charge in [0.1, 0.15) is 0 Å². The normalized spacial score (nSPS) is 32.8. The summed E-state index contributed by atoms with van der Waals surface area (Å²) < 4.78 is 58.9. The molecule has 20 heavy (non-hydrogen) atoms. The van der Waals surface area contributed by atoms with Crippen LogP contribution in [0, 0.1) is 11.8 Å². The molecule has 8 heteroatoms. The van der Waals surface area contributed by atoms with Crippen LogP contribution in [-0.4, -0.2) is 32.4 Å². The van der Waals surface area contributed by atoms with E-state index >= 15 is 0 Å². The van der Waals surface area contributed by atoms with Crippen molar-refractivity contribution in [3.05, 3.63) is 11.1 Å². The third-order valence-corrected chi connectivity index (χ3v) is 8.90. The van der Waals surface area contributed by atoms with Crippen LogP contribution in [0.4, 0.5) is 13.2 Å². The van der Waals surface area contributed by atoms with E-state index in [9.17, 15) is 13.2 Å². The Hall–Kier alpha value is -0.0405. The van der Waals surface area contributed by atoms with Crippen molar-refractivity contribution >= 4 is 24.0 Å². The summed E-state index contributed by atoms with van der Waals surface area (Å²) in [6, 6.07) is 0. The van der Waals surface area contributed by atoms with Gasteiger partial charge >= 0.3 is 84.5 Å². The Balaban J connectivity index is 0.000000163. The number of hydrogen-bond donors (Lipinski definition) is 0. The Kier molecular flexibility index (Phi) is 4.60. The molecule has 0 N–H and O–H groups in total. The maximum absolute atomic E-state index is 10.7. The van der Waals surface area contributed by atoms with Gasteiger partial charge in [-0.2, -0.15) is 13.2 Å². The van der Waals surface area contributed by atoms with E-state index in [0.717, 1.165) is 11.8 Å². The van der Waals surface area contributed by atoms with Gasteiger partial charge in [0.25, 0.3) is 0 Å². The second-order valence-corrected chi connectivity index (χ2v) is 11.8. The molecular weight excluding hydrogens is 360 g/mol. The summed E-state index contributed by atoms with van der Waals surface area (Å²) in [5.41, 5.74) is -1.83. The van der Waals surface area contributed by atoms with Crippen LogP contribution < -0.4 is 0 Å². The summed E-state index contributed by atoms with van der Waals surface area (Å²) >= 11 is -0.136. The number of rotatable bonds is 0. The minimum absolute atomic E-state index is 0.136. The smallest absolute Gasteiger partial charge is 0.485 e. The Morgan fingerprint density at radius 3 is 1.60 bits per heavy atom. The summed E-state index contributed by atoms with van der Waals surface area (Å²) in [5.74, 6) is 4.82. The molecule has 2 saturated heterocycles. The second-order valence-electron chi connectivity index (χ2n) is 5.77. The minimum atomic E-state index is -6.09. The predicted octanol–water partition coefficient (Wildman–Crippen LogP) is 3.29. The summed E-state index contributed by atoms with van der Waals surface area (Å²) in [6.45, 7) is 0. The average Bonchev–Trinajstić information content (AvgIpc) is 2.70. The fourth-order valence-corrected chi connectivity index (χ4v) is 8.04. The van der Waals surface area contributed by atoms with Crippen molar-refractivity contribution in [3.63, 3.8) is 0 Å². The number of halogens is 3. The summed E-state index contributed by atoms with van der Waals surface area (Å²) in [5, 5.41) is 3.28. The number of alkyl halides is 3. The monoisotopic (exact) mass is 378 g/mol. The summed E-state index contributed by atoms with van der Waals surface area (Å²) in [7, 11) is -6.09. The summed E-state index contributed by atoms with van der Waals surface area (Å²) in [4.78, 5) is 0. The maximum atomic E-state index is 10.7. The maximum Gasteiger partial charge on any atom is 0.485 e. The van der Waals surface area contributed by atoms with Crippen molar-refractivity contribution in [1.82, 2.24) is 0 Å². The van der Waals surface area contributed by atoms with E-state index in [-0.39, 0.29) is 13.9 Å². The Labute approximate surface area is 121 Å². The molecule has 0 aromatic rings. The molecule has 2 aliphatic carbocycles. The van der Waals surface area contributed by atoms with E-state index in [4.69, 9.17) is 13.0 Å². The van der Waals surface area contributed by atoms with Crippen LogP contribution in [0.15, 0.2) is 11.1 Å². The molecule has 0 radical (unpaired) electrons. The third kappa shape index (κ3) is 3.78. The van der Waals surface area contributed by atoms with Crippen molar-refractivity contribution in [3.8, 4) is 0 Å². The summed E-state index contributed by atoms with van der Waals surface area (Å²) in [6.07, 6.45) is 6.05. The first kappa shape index (κ1) is 16.3. The van der Waals surface area contributed by atoms with Gasteiger partial charge in [-0.1, -0.05) is 0 Å². The van der Waals surface area contributed by atoms with Crippen LogP contribution in [0.25, 0.3) is 0 Å². The Bertz CT molecular complexity index is 473. The van der Waals surface area contributed by atoms with Gasteiger partial charge in [-0.25, -0.2) is 8.42 Å². The molecule has 4 aliphatic rings. The van der Waals surface area contributed by atoms with E-state index in [1.807, 2.05) is 11.1 Å². The first-order valence-electron chi connectivity index (χ1n) is 6.37. The fraction of sp³-hybridized carbons (Fsp3) is 0.833. The molecule has 116 valence electrons. The Morgan fingerprint density at radius 2 is 1.35 bits per heavy atom. The van der Waals surface area contributed by atoms with Gasteiger partial charge in [-0.05, 0) is 0 Å². The van der Waals surface area contributed by atoms with E-state index in [0.29, 0.717) is 0 Å². The van der Waals surface area contributed by atoms with Crippen LogP contribution >= 0.6 is 0 Å². The minimum Gasteiger partial charge on any atom is -0.741 e. The number of hydrogen-bond acceptors (Lipinski definition) is 3. The zero-order chi connectivity index (χ0) is 15.1. The van der Waals surface area contributed by atoms with Crippen molar-refractivity contribution in [2.24, 2.45) is 11.8 Å². The van der Waals surface area contributed by atoms with Crippen LogP contribution in [0.3, 0.4) is 0 Å². The van der Waals surface area contributed by atoms with Gasteiger partial charge in [-0.3, -0.25) is 0 Å². The topological polar surface area (TPSA) is 57.2 Å². The average molecular weight is 377 g/mol. The Morgan fingerprint density at radius 1 is 1.05 bits per heavy atom. The van der Waals surface area contributed by atoms with E-state index in [1.165, 1.54) is 25.7 Å². The first-order chi connectivity index (χ1) is 9.06. The molecule has 2 heterocycles. The molecule has 3 nitrogen and oxygen atoms in total. The predicted molar refractivity (Wildman–Crippen MR) is 69.5 cm³/mol. The van der Waals surface area contributed by atoms with Crippen LogP contribution in [-0.2, 0) is 10.1 Å². The fourth-order valence-electron chi connectivity index (χ4n) is 3.39. The largest absolute Gasteiger partial charge is 0.741 e. The van der Waals surface area contributed by atoms with Gasteiger partial charge < -0.3 is 4.55 Å². The van der Waals surface area contributed by atoms with Gasteiger partial charge in [0.05, 0.1) is 0 Å². The quantitative estimate of drug-likeness (QED) is 0.282. The van der Waals surface area contributed by atoms with Gasteiger partial charge in [0.15, 0.2) is 10.1 Å². The molecule has 0 amide bonds. The van der Waals surface area contributed by atoms with E-state index in [1.54, 1.807) is 10.6 Å². The van der Waals surface area contributed by atoms with Crippen molar-refractivity contribution < 1.29 is 26.1 Å². The molecule has 0 saturated carbocycles. The number of allylic oxidation sites excluding steroid dienone is 2. The van der Waals surface area contributed by atoms with Crippen molar-refractivity contribution in [1.29, 1.82) is 0 Å². The zero-order valence-electron chi connectivity index (χ0n) is 11.1. The van der Waals surface area contributed by atoms with Gasteiger partial charge in [0, 0.05) is 0 Å². The van der Waals surface area contributed by atoms with Crippen LogP contribution in [0.5, 0.6) is 0 Å². The van der Waals surface area contributed by atoms with Gasteiger partial charge in [-0.15, -0.1) is 0 Å². The molecule has 4 rings (SSSR count). The second kappa shape index (κ2) is 5.63. The molecule has 0 atom stereocenters. The molecule has 0 spiro atoms. The van der Waals surface area contributed by atoms with Crippen molar-refractivity contribution in [2.75, 3.05) is 0 Å². The van der Waals surface area contributed by atoms with E-state index in [2.05, 4.69) is 5.82 Å². The zero-order valence-corrected chi connectivity index (χ0v) is 13.6. The molecule has 0 aromatic heterocycles. The number of fused-ring (bicyclic) bond motifs is 2. The van der Waals surface area contributed by atoms with Crippen molar-refractivity contribution in [2.45, 2.75) is 47.7 Å². The van der Waals surface area contributed by atoms with Crippen LogP contribution in [0.2, 0.25) is 16.5 Å². The SMILES string of the molecule is C[Se+]1CC2CC3=C(C2)CC(C3)C1.O=S(=O)([O-])C(F)(F)F. The molecule has 4 bridgehead atoms. The third-order valence-electron chi connectivity index (χ3n) is 3.96. The molecule has 0 unspecified atom stereocenters. The molecule has 2 aliphatic heterocycles. The van der Waals surface area contributed by atoms with Crippen LogP contribution in [0.1, 0.15) is 25.7 Å². The molecule has 2 fully saturated rings.